The van der Waals surface area contributed by atoms with Crippen molar-refractivity contribution in [1.82, 2.24) is 4.98 Å². The summed E-state index contributed by atoms with van der Waals surface area (Å²) in [5.74, 6) is 5.95. The number of rotatable bonds is 4. The van der Waals surface area contributed by atoms with Gasteiger partial charge < -0.3 is 15.5 Å². The molecule has 0 unspecified atom stereocenters. The second kappa shape index (κ2) is 6.88. The number of aromatic nitrogens is 1. The van der Waals surface area contributed by atoms with Gasteiger partial charge in [0.15, 0.2) is 5.82 Å². The summed E-state index contributed by atoms with van der Waals surface area (Å²) < 4.78 is 6.67. The molecule has 0 bridgehead atoms. The quantitative estimate of drug-likeness (QED) is 0.527. The van der Waals surface area contributed by atoms with Crippen LogP contribution in [0.5, 0.6) is 5.75 Å². The van der Waals surface area contributed by atoms with Crippen molar-refractivity contribution >= 4 is 49.3 Å². The number of hydrogen-bond acceptors (Lipinski definition) is 5. The highest BCUT2D eigenvalue weighted by Gasteiger charge is 2.14. The van der Waals surface area contributed by atoms with E-state index in [0.717, 1.165) is 4.47 Å². The number of pyridine rings is 1. The van der Waals surface area contributed by atoms with E-state index in [-0.39, 0.29) is 5.91 Å². The molecule has 0 radical (unpaired) electrons. The van der Waals surface area contributed by atoms with Crippen LogP contribution in [0.1, 0.15) is 10.4 Å². The zero-order valence-electron chi connectivity index (χ0n) is 11.0. The molecule has 0 aliphatic carbocycles. The molecule has 8 heteroatoms. The molecule has 0 fully saturated rings. The van der Waals surface area contributed by atoms with Gasteiger partial charge in [-0.1, -0.05) is 0 Å². The van der Waals surface area contributed by atoms with Gasteiger partial charge >= 0.3 is 0 Å². The highest BCUT2D eigenvalue weighted by Crippen LogP contribution is 2.28. The van der Waals surface area contributed by atoms with Crippen molar-refractivity contribution in [3.8, 4) is 5.75 Å². The minimum Gasteiger partial charge on any atom is -0.495 e. The van der Waals surface area contributed by atoms with Crippen molar-refractivity contribution in [3.63, 3.8) is 0 Å². The van der Waals surface area contributed by atoms with Crippen LogP contribution in [-0.4, -0.2) is 18.0 Å². The van der Waals surface area contributed by atoms with E-state index in [4.69, 9.17) is 10.6 Å². The monoisotopic (exact) mass is 414 g/mol. The van der Waals surface area contributed by atoms with Crippen LogP contribution in [0.3, 0.4) is 0 Å². The number of hydrogen-bond donors (Lipinski definition) is 3. The van der Waals surface area contributed by atoms with Gasteiger partial charge in [-0.2, -0.15) is 0 Å². The Bertz CT molecular complexity index is 679. The number of amides is 1. The Morgan fingerprint density at radius 2 is 2.10 bits per heavy atom. The van der Waals surface area contributed by atoms with E-state index in [0.29, 0.717) is 27.3 Å². The second-order valence-electron chi connectivity index (χ2n) is 4.00. The number of benzene rings is 1. The predicted octanol–water partition coefficient (Wildman–Crippen LogP) is 3.15. The fourth-order valence-corrected chi connectivity index (χ4v) is 2.40. The molecule has 2 rings (SSSR count). The van der Waals surface area contributed by atoms with Gasteiger partial charge in [0.1, 0.15) is 5.75 Å². The molecule has 0 aliphatic heterocycles. The number of nitrogens with zero attached hydrogens (tertiary/aromatic N) is 1. The second-order valence-corrected chi connectivity index (χ2v) is 5.77. The molecule has 110 valence electrons. The van der Waals surface area contributed by atoms with Crippen LogP contribution in [0.25, 0.3) is 0 Å². The van der Waals surface area contributed by atoms with E-state index in [1.165, 1.54) is 0 Å². The molecule has 1 aromatic heterocycles. The zero-order chi connectivity index (χ0) is 15.4. The third-order valence-electron chi connectivity index (χ3n) is 2.64. The average Bonchev–Trinajstić information content (AvgIpc) is 2.49. The van der Waals surface area contributed by atoms with Crippen molar-refractivity contribution in [1.29, 1.82) is 0 Å². The highest BCUT2D eigenvalue weighted by atomic mass is 79.9. The van der Waals surface area contributed by atoms with Crippen LogP contribution < -0.4 is 21.3 Å². The first kappa shape index (κ1) is 15.7. The third-order valence-corrected chi connectivity index (χ3v) is 3.73. The summed E-state index contributed by atoms with van der Waals surface area (Å²) in [7, 11) is 1.56. The van der Waals surface area contributed by atoms with Gasteiger partial charge in [-0.25, -0.2) is 10.8 Å². The van der Waals surface area contributed by atoms with E-state index < -0.39 is 0 Å². The molecule has 0 spiro atoms. The SMILES string of the molecule is COc1cc(NC(=O)c2cc(Br)cnc2NN)ccc1Br. The molecule has 1 aromatic carbocycles. The molecule has 2 aromatic rings. The van der Waals surface area contributed by atoms with E-state index in [1.807, 2.05) is 0 Å². The molecule has 0 aliphatic rings. The fraction of sp³-hybridized carbons (Fsp3) is 0.0769. The van der Waals surface area contributed by atoms with Crippen LogP contribution in [0.4, 0.5) is 11.5 Å². The fourth-order valence-electron chi connectivity index (χ4n) is 1.66. The van der Waals surface area contributed by atoms with Gasteiger partial charge in [0, 0.05) is 22.4 Å². The summed E-state index contributed by atoms with van der Waals surface area (Å²) >= 11 is 6.63. The smallest absolute Gasteiger partial charge is 0.259 e. The summed E-state index contributed by atoms with van der Waals surface area (Å²) in [6.45, 7) is 0. The first-order valence-electron chi connectivity index (χ1n) is 5.82. The van der Waals surface area contributed by atoms with E-state index in [2.05, 4.69) is 47.6 Å². The number of nitrogen functional groups attached to an aromatic ring is 1. The van der Waals surface area contributed by atoms with Crippen LogP contribution in [0.2, 0.25) is 0 Å². The number of carbonyl (C=O) groups excluding carboxylic acids is 1. The lowest BCUT2D eigenvalue weighted by Gasteiger charge is -2.11. The van der Waals surface area contributed by atoms with Crippen molar-refractivity contribution in [3.05, 3.63) is 45.0 Å². The Balaban J connectivity index is 2.28. The van der Waals surface area contributed by atoms with Crippen LogP contribution in [0, 0.1) is 0 Å². The minimum absolute atomic E-state index is 0.291. The Kier molecular flexibility index (Phi) is 5.16. The normalized spacial score (nSPS) is 10.1. The number of ether oxygens (including phenoxy) is 1. The average molecular weight is 416 g/mol. The number of anilines is 2. The van der Waals surface area contributed by atoms with Gasteiger partial charge in [-0.05, 0) is 50.1 Å². The van der Waals surface area contributed by atoms with E-state index in [1.54, 1.807) is 37.6 Å². The molecular formula is C13H12Br2N4O2. The summed E-state index contributed by atoms with van der Waals surface area (Å²) in [5.41, 5.74) is 3.32. The van der Waals surface area contributed by atoms with Crippen LogP contribution in [-0.2, 0) is 0 Å². The highest BCUT2D eigenvalue weighted by molar-refractivity contribution is 9.10. The van der Waals surface area contributed by atoms with E-state index in [9.17, 15) is 4.79 Å². The Morgan fingerprint density at radius 1 is 1.33 bits per heavy atom. The Hall–Kier alpha value is -1.64. The molecule has 1 amide bonds. The van der Waals surface area contributed by atoms with Crippen molar-refractivity contribution < 1.29 is 9.53 Å². The molecule has 0 saturated heterocycles. The number of carbonyl (C=O) groups is 1. The van der Waals surface area contributed by atoms with Crippen molar-refractivity contribution in [2.24, 2.45) is 5.84 Å². The summed E-state index contributed by atoms with van der Waals surface area (Å²) in [6.07, 6.45) is 1.55. The maximum Gasteiger partial charge on any atom is 0.259 e. The first-order valence-corrected chi connectivity index (χ1v) is 7.40. The lowest BCUT2D eigenvalue weighted by atomic mass is 10.2. The topological polar surface area (TPSA) is 89.3 Å². The summed E-state index contributed by atoms with van der Waals surface area (Å²) in [4.78, 5) is 16.3. The Morgan fingerprint density at radius 3 is 2.76 bits per heavy atom. The summed E-state index contributed by atoms with van der Waals surface area (Å²) in [5, 5.41) is 2.77. The summed E-state index contributed by atoms with van der Waals surface area (Å²) in [6, 6.07) is 6.89. The molecule has 6 nitrogen and oxygen atoms in total. The number of halogens is 2. The van der Waals surface area contributed by atoms with Crippen molar-refractivity contribution in [2.75, 3.05) is 17.9 Å². The maximum absolute atomic E-state index is 12.3. The number of methoxy groups -OCH3 is 1. The van der Waals surface area contributed by atoms with Crippen LogP contribution >= 0.6 is 31.9 Å². The lowest BCUT2D eigenvalue weighted by molar-refractivity contribution is 0.102. The zero-order valence-corrected chi connectivity index (χ0v) is 14.2. The largest absolute Gasteiger partial charge is 0.495 e. The lowest BCUT2D eigenvalue weighted by Crippen LogP contribution is -2.18. The number of hydrazine groups is 1. The Labute approximate surface area is 138 Å². The predicted molar refractivity (Wildman–Crippen MR) is 88.4 cm³/mol. The number of nitrogens with two attached hydrogens (primary N) is 1. The van der Waals surface area contributed by atoms with Gasteiger partial charge in [0.05, 0.1) is 17.1 Å². The minimum atomic E-state index is -0.332. The molecule has 0 atom stereocenters. The van der Waals surface area contributed by atoms with Gasteiger partial charge in [0.25, 0.3) is 5.91 Å². The maximum atomic E-state index is 12.3. The third kappa shape index (κ3) is 3.72. The first-order chi connectivity index (χ1) is 10.0. The van der Waals surface area contributed by atoms with Gasteiger partial charge in [0.2, 0.25) is 0 Å². The van der Waals surface area contributed by atoms with E-state index >= 15 is 0 Å². The van der Waals surface area contributed by atoms with Gasteiger partial charge in [-0.3, -0.25) is 4.79 Å². The molecular weight excluding hydrogens is 404 g/mol. The van der Waals surface area contributed by atoms with Crippen molar-refractivity contribution in [2.45, 2.75) is 0 Å². The van der Waals surface area contributed by atoms with Crippen LogP contribution in [0.15, 0.2) is 39.4 Å². The molecule has 21 heavy (non-hydrogen) atoms. The number of nitrogens with one attached hydrogen (secondary N) is 2. The standard InChI is InChI=1S/C13H12Br2N4O2/c1-21-11-5-8(2-3-10(11)15)18-13(20)9-4-7(14)6-17-12(9)19-16/h2-6H,16H2,1H3,(H,17,19)(H,18,20). The molecule has 0 saturated carbocycles. The van der Waals surface area contributed by atoms with Gasteiger partial charge in [-0.15, -0.1) is 0 Å². The molecule has 4 N–H and O–H groups in total. The molecule has 1 heterocycles.